The Morgan fingerprint density at radius 1 is 1.00 bits per heavy atom. The van der Waals surface area contributed by atoms with Gasteiger partial charge in [-0.25, -0.2) is 0 Å². The zero-order valence-electron chi connectivity index (χ0n) is 12.3. The van der Waals surface area contributed by atoms with E-state index >= 15 is 0 Å². The van der Waals surface area contributed by atoms with Crippen LogP contribution in [0.15, 0.2) is 30.3 Å². The van der Waals surface area contributed by atoms with Gasteiger partial charge in [-0.05, 0) is 12.3 Å². The topological polar surface area (TPSA) is 44.5 Å². The lowest BCUT2D eigenvalue weighted by atomic mass is 10.1. The molecule has 0 saturated heterocycles. The van der Waals surface area contributed by atoms with Crippen LogP contribution in [-0.2, 0) is 9.47 Å². The van der Waals surface area contributed by atoms with Crippen molar-refractivity contribution >= 4 is 0 Å². The molecule has 0 radical (unpaired) electrons. The molecule has 0 heterocycles. The number of benzene rings is 1. The number of ether oxygens (including phenoxy) is 2. The molecule has 3 unspecified atom stereocenters. The second-order valence-corrected chi connectivity index (χ2v) is 5.09. The Bertz CT molecular complexity index is 315. The molecule has 2 N–H and O–H groups in total. The smallest absolute Gasteiger partial charge is 0.183 e. The molecule has 1 aromatic carbocycles. The van der Waals surface area contributed by atoms with Gasteiger partial charge in [0.05, 0.1) is 13.2 Å². The number of hydrogen-bond acceptors (Lipinski definition) is 3. The fraction of sp³-hybridized carbons (Fsp3) is 0.625. The molecule has 0 aromatic heterocycles. The van der Waals surface area contributed by atoms with Crippen LogP contribution in [0.2, 0.25) is 0 Å². The standard InChI is InChI=1S/C16H27NO2/c1-4-13(3)11-18-16(19-12-15(17)5-2)14-9-7-6-8-10-14/h6-10,13,15-16H,4-5,11-12,17H2,1-3H3. The van der Waals surface area contributed by atoms with Crippen molar-refractivity contribution in [2.75, 3.05) is 13.2 Å². The summed E-state index contributed by atoms with van der Waals surface area (Å²) in [6.07, 6.45) is 1.70. The van der Waals surface area contributed by atoms with Crippen molar-refractivity contribution < 1.29 is 9.47 Å². The Balaban J connectivity index is 2.57. The molecule has 3 heteroatoms. The highest BCUT2D eigenvalue weighted by atomic mass is 16.7. The molecule has 3 nitrogen and oxygen atoms in total. The largest absolute Gasteiger partial charge is 0.348 e. The highest BCUT2D eigenvalue weighted by molar-refractivity contribution is 5.15. The predicted octanol–water partition coefficient (Wildman–Crippen LogP) is 3.50. The molecular formula is C16H27NO2. The summed E-state index contributed by atoms with van der Waals surface area (Å²) >= 11 is 0. The zero-order valence-corrected chi connectivity index (χ0v) is 12.3. The van der Waals surface area contributed by atoms with Crippen molar-refractivity contribution in [3.05, 3.63) is 35.9 Å². The average Bonchev–Trinajstić information content (AvgIpc) is 2.47. The van der Waals surface area contributed by atoms with Crippen LogP contribution in [0.3, 0.4) is 0 Å². The van der Waals surface area contributed by atoms with Gasteiger partial charge in [0.25, 0.3) is 0 Å². The Kier molecular flexibility index (Phi) is 7.72. The normalized spacial score (nSPS) is 16.0. The van der Waals surface area contributed by atoms with Crippen LogP contribution >= 0.6 is 0 Å². The van der Waals surface area contributed by atoms with E-state index in [0.29, 0.717) is 19.1 Å². The van der Waals surface area contributed by atoms with Gasteiger partial charge in [-0.1, -0.05) is 57.5 Å². The zero-order chi connectivity index (χ0) is 14.1. The molecule has 0 amide bonds. The highest BCUT2D eigenvalue weighted by Crippen LogP contribution is 2.20. The molecule has 19 heavy (non-hydrogen) atoms. The quantitative estimate of drug-likeness (QED) is 0.695. The summed E-state index contributed by atoms with van der Waals surface area (Å²) in [5.41, 5.74) is 6.95. The van der Waals surface area contributed by atoms with E-state index in [4.69, 9.17) is 15.2 Å². The Labute approximate surface area is 117 Å². The monoisotopic (exact) mass is 265 g/mol. The van der Waals surface area contributed by atoms with Gasteiger partial charge in [0.1, 0.15) is 0 Å². The highest BCUT2D eigenvalue weighted by Gasteiger charge is 2.14. The molecule has 0 aliphatic carbocycles. The second kappa shape index (κ2) is 9.08. The van der Waals surface area contributed by atoms with Crippen molar-refractivity contribution in [1.82, 2.24) is 0 Å². The summed E-state index contributed by atoms with van der Waals surface area (Å²) in [5, 5.41) is 0. The fourth-order valence-electron chi connectivity index (χ4n) is 1.55. The fourth-order valence-corrected chi connectivity index (χ4v) is 1.55. The molecule has 3 atom stereocenters. The van der Waals surface area contributed by atoms with E-state index in [2.05, 4.69) is 20.8 Å². The molecule has 0 spiro atoms. The van der Waals surface area contributed by atoms with E-state index in [1.807, 2.05) is 30.3 Å². The maximum atomic E-state index is 5.90. The second-order valence-electron chi connectivity index (χ2n) is 5.09. The van der Waals surface area contributed by atoms with E-state index in [9.17, 15) is 0 Å². The van der Waals surface area contributed by atoms with Crippen LogP contribution < -0.4 is 5.73 Å². The van der Waals surface area contributed by atoms with Crippen LogP contribution in [0.1, 0.15) is 45.5 Å². The summed E-state index contributed by atoms with van der Waals surface area (Å²) in [7, 11) is 0. The molecule has 0 fully saturated rings. The van der Waals surface area contributed by atoms with Gasteiger partial charge in [0.2, 0.25) is 0 Å². The van der Waals surface area contributed by atoms with E-state index in [-0.39, 0.29) is 12.3 Å². The molecule has 0 aliphatic heterocycles. The average molecular weight is 265 g/mol. The maximum absolute atomic E-state index is 5.90. The van der Waals surface area contributed by atoms with Crippen LogP contribution in [0, 0.1) is 5.92 Å². The van der Waals surface area contributed by atoms with Gasteiger partial charge < -0.3 is 15.2 Å². The summed E-state index contributed by atoms with van der Waals surface area (Å²) in [4.78, 5) is 0. The predicted molar refractivity (Wildman–Crippen MR) is 78.8 cm³/mol. The summed E-state index contributed by atoms with van der Waals surface area (Å²) in [5.74, 6) is 0.537. The van der Waals surface area contributed by atoms with Crippen LogP contribution in [-0.4, -0.2) is 19.3 Å². The molecule has 0 saturated carbocycles. The van der Waals surface area contributed by atoms with Crippen molar-refractivity contribution in [2.45, 2.75) is 45.9 Å². The molecule has 1 rings (SSSR count). The third kappa shape index (κ3) is 6.19. The van der Waals surface area contributed by atoms with Gasteiger partial charge in [-0.2, -0.15) is 0 Å². The van der Waals surface area contributed by atoms with Crippen LogP contribution in [0.25, 0.3) is 0 Å². The number of nitrogens with two attached hydrogens (primary N) is 1. The molecule has 1 aromatic rings. The van der Waals surface area contributed by atoms with Gasteiger partial charge in [0.15, 0.2) is 6.29 Å². The minimum absolute atomic E-state index is 0.0680. The Morgan fingerprint density at radius 2 is 1.63 bits per heavy atom. The van der Waals surface area contributed by atoms with E-state index in [1.165, 1.54) is 0 Å². The lowest BCUT2D eigenvalue weighted by Crippen LogP contribution is -2.27. The van der Waals surface area contributed by atoms with Crippen LogP contribution in [0.5, 0.6) is 0 Å². The number of hydrogen-bond donors (Lipinski definition) is 1. The first-order chi connectivity index (χ1) is 9.17. The first-order valence-corrected chi connectivity index (χ1v) is 7.21. The summed E-state index contributed by atoms with van der Waals surface area (Å²) in [6.45, 7) is 7.64. The minimum atomic E-state index is -0.312. The molecule has 0 bridgehead atoms. The van der Waals surface area contributed by atoms with Crippen molar-refractivity contribution in [3.8, 4) is 0 Å². The van der Waals surface area contributed by atoms with Crippen molar-refractivity contribution in [2.24, 2.45) is 11.7 Å². The Morgan fingerprint density at radius 3 is 2.21 bits per heavy atom. The molecule has 108 valence electrons. The van der Waals surface area contributed by atoms with Gasteiger partial charge in [-0.3, -0.25) is 0 Å². The van der Waals surface area contributed by atoms with E-state index in [0.717, 1.165) is 18.4 Å². The third-order valence-electron chi connectivity index (χ3n) is 3.29. The van der Waals surface area contributed by atoms with Gasteiger partial charge in [-0.15, -0.1) is 0 Å². The summed E-state index contributed by atoms with van der Waals surface area (Å²) < 4.78 is 11.7. The molecular weight excluding hydrogens is 238 g/mol. The SMILES string of the molecule is CCC(C)COC(OCC(N)CC)c1ccccc1. The third-order valence-corrected chi connectivity index (χ3v) is 3.29. The van der Waals surface area contributed by atoms with Crippen molar-refractivity contribution in [1.29, 1.82) is 0 Å². The van der Waals surface area contributed by atoms with Crippen molar-refractivity contribution in [3.63, 3.8) is 0 Å². The number of rotatable bonds is 9. The van der Waals surface area contributed by atoms with E-state index in [1.54, 1.807) is 0 Å². The first kappa shape index (κ1) is 16.2. The molecule has 0 aliphatic rings. The Hall–Kier alpha value is -0.900. The van der Waals surface area contributed by atoms with Gasteiger partial charge >= 0.3 is 0 Å². The van der Waals surface area contributed by atoms with Gasteiger partial charge in [0, 0.05) is 11.6 Å². The van der Waals surface area contributed by atoms with E-state index < -0.39 is 0 Å². The maximum Gasteiger partial charge on any atom is 0.183 e. The first-order valence-electron chi connectivity index (χ1n) is 7.21. The lowest BCUT2D eigenvalue weighted by molar-refractivity contribution is -0.156. The minimum Gasteiger partial charge on any atom is -0.348 e. The lowest BCUT2D eigenvalue weighted by Gasteiger charge is -2.22. The summed E-state index contributed by atoms with van der Waals surface area (Å²) in [6, 6.07) is 10.1. The van der Waals surface area contributed by atoms with Crippen LogP contribution in [0.4, 0.5) is 0 Å².